The average Bonchev–Trinajstić information content (AvgIpc) is 2.82. The molecule has 2 rings (SSSR count). The van der Waals surface area contributed by atoms with Crippen LogP contribution in [0.2, 0.25) is 0 Å². The summed E-state index contributed by atoms with van der Waals surface area (Å²) in [6.07, 6.45) is 4.16. The molecule has 0 saturated heterocycles. The summed E-state index contributed by atoms with van der Waals surface area (Å²) in [5, 5.41) is 13.1. The van der Waals surface area contributed by atoms with Crippen LogP contribution in [0.4, 0.5) is 4.39 Å². The first-order chi connectivity index (χ1) is 10.1. The van der Waals surface area contributed by atoms with E-state index in [0.29, 0.717) is 12.0 Å². The van der Waals surface area contributed by atoms with Crippen molar-refractivity contribution in [2.24, 2.45) is 5.92 Å². The van der Waals surface area contributed by atoms with Crippen molar-refractivity contribution in [1.82, 2.24) is 5.32 Å². The van der Waals surface area contributed by atoms with Crippen LogP contribution < -0.4 is 5.32 Å². The lowest BCUT2D eigenvalue weighted by Crippen LogP contribution is -2.50. The van der Waals surface area contributed by atoms with Gasteiger partial charge >= 0.3 is 0 Å². The van der Waals surface area contributed by atoms with Crippen LogP contribution in [0, 0.1) is 23.1 Å². The highest BCUT2D eigenvalue weighted by atomic mass is 32.2. The zero-order valence-electron chi connectivity index (χ0n) is 12.7. The Morgan fingerprint density at radius 3 is 3.00 bits per heavy atom. The summed E-state index contributed by atoms with van der Waals surface area (Å²) in [5.74, 6) is 1.14. The third-order valence-electron chi connectivity index (χ3n) is 4.10. The Kier molecular flexibility index (Phi) is 5.66. The Morgan fingerprint density at radius 2 is 2.33 bits per heavy atom. The van der Waals surface area contributed by atoms with E-state index in [1.807, 2.05) is 6.07 Å². The molecule has 1 N–H and O–H groups in total. The Hall–Kier alpha value is -1.05. The fourth-order valence-electron chi connectivity index (χ4n) is 3.23. The van der Waals surface area contributed by atoms with Gasteiger partial charge in [-0.05, 0) is 63.0 Å². The molecule has 0 bridgehead atoms. The molecule has 2 nitrogen and oxygen atoms in total. The SMILES string of the molecule is CC(C)NC1(C#N)CCCC1CCSc1cccc(F)c1. The van der Waals surface area contributed by atoms with Gasteiger partial charge in [-0.3, -0.25) is 5.32 Å². The predicted molar refractivity (Wildman–Crippen MR) is 85.7 cm³/mol. The number of nitriles is 1. The molecule has 1 saturated carbocycles. The second-order valence-corrected chi connectivity index (χ2v) is 7.23. The van der Waals surface area contributed by atoms with Crippen molar-refractivity contribution in [2.75, 3.05) is 5.75 Å². The molecule has 2 unspecified atom stereocenters. The van der Waals surface area contributed by atoms with E-state index in [0.717, 1.165) is 36.3 Å². The van der Waals surface area contributed by atoms with Gasteiger partial charge in [-0.25, -0.2) is 4.39 Å². The number of nitrogens with one attached hydrogen (secondary N) is 1. The van der Waals surface area contributed by atoms with Crippen LogP contribution in [0.5, 0.6) is 0 Å². The van der Waals surface area contributed by atoms with Crippen LogP contribution in [0.1, 0.15) is 39.5 Å². The fourth-order valence-corrected chi connectivity index (χ4v) is 4.24. The number of nitrogens with zero attached hydrogens (tertiary/aromatic N) is 1. The number of rotatable bonds is 6. The molecule has 0 aromatic heterocycles. The number of hydrogen-bond acceptors (Lipinski definition) is 3. The van der Waals surface area contributed by atoms with Crippen molar-refractivity contribution in [1.29, 1.82) is 5.26 Å². The molecule has 1 aromatic carbocycles. The highest BCUT2D eigenvalue weighted by Crippen LogP contribution is 2.39. The molecule has 0 amide bonds. The van der Waals surface area contributed by atoms with Gasteiger partial charge in [0.1, 0.15) is 11.4 Å². The number of benzene rings is 1. The largest absolute Gasteiger partial charge is 0.297 e. The maximum atomic E-state index is 13.2. The minimum absolute atomic E-state index is 0.186. The molecule has 1 fully saturated rings. The van der Waals surface area contributed by atoms with Crippen LogP contribution in [0.15, 0.2) is 29.2 Å². The van der Waals surface area contributed by atoms with E-state index in [2.05, 4.69) is 25.2 Å². The number of thioether (sulfide) groups is 1. The molecule has 0 radical (unpaired) electrons. The van der Waals surface area contributed by atoms with E-state index < -0.39 is 0 Å². The quantitative estimate of drug-likeness (QED) is 0.793. The number of hydrogen-bond donors (Lipinski definition) is 1. The van der Waals surface area contributed by atoms with Crippen LogP contribution in [-0.2, 0) is 0 Å². The molecule has 1 aliphatic carbocycles. The highest BCUT2D eigenvalue weighted by molar-refractivity contribution is 7.99. The fraction of sp³-hybridized carbons (Fsp3) is 0.588. The van der Waals surface area contributed by atoms with E-state index in [1.54, 1.807) is 23.9 Å². The zero-order valence-corrected chi connectivity index (χ0v) is 13.5. The monoisotopic (exact) mass is 306 g/mol. The van der Waals surface area contributed by atoms with Crippen LogP contribution in [0.25, 0.3) is 0 Å². The molecule has 0 aliphatic heterocycles. The Morgan fingerprint density at radius 1 is 1.52 bits per heavy atom. The summed E-state index contributed by atoms with van der Waals surface area (Å²) in [5.41, 5.74) is -0.364. The predicted octanol–water partition coefficient (Wildman–Crippen LogP) is 4.37. The summed E-state index contributed by atoms with van der Waals surface area (Å²) in [6.45, 7) is 4.19. The van der Waals surface area contributed by atoms with Gasteiger partial charge < -0.3 is 0 Å². The molecule has 0 spiro atoms. The Balaban J connectivity index is 1.91. The lowest BCUT2D eigenvalue weighted by Gasteiger charge is -2.32. The maximum Gasteiger partial charge on any atom is 0.124 e. The van der Waals surface area contributed by atoms with Gasteiger partial charge in [0.05, 0.1) is 6.07 Å². The van der Waals surface area contributed by atoms with E-state index >= 15 is 0 Å². The van der Waals surface area contributed by atoms with E-state index in [9.17, 15) is 9.65 Å². The molecule has 1 aliphatic rings. The second-order valence-electron chi connectivity index (χ2n) is 6.07. The van der Waals surface area contributed by atoms with Crippen molar-refractivity contribution < 1.29 is 4.39 Å². The molecule has 1 aromatic rings. The smallest absolute Gasteiger partial charge is 0.124 e. The van der Waals surface area contributed by atoms with E-state index in [1.165, 1.54) is 6.07 Å². The summed E-state index contributed by atoms with van der Waals surface area (Å²) in [4.78, 5) is 0.965. The molecule has 4 heteroatoms. The molecular weight excluding hydrogens is 283 g/mol. The van der Waals surface area contributed by atoms with Crippen LogP contribution >= 0.6 is 11.8 Å². The second kappa shape index (κ2) is 7.29. The van der Waals surface area contributed by atoms with Crippen molar-refractivity contribution in [3.63, 3.8) is 0 Å². The number of halogens is 1. The van der Waals surface area contributed by atoms with Gasteiger partial charge in [0, 0.05) is 10.9 Å². The van der Waals surface area contributed by atoms with Gasteiger partial charge in [-0.1, -0.05) is 12.5 Å². The third-order valence-corrected chi connectivity index (χ3v) is 5.12. The van der Waals surface area contributed by atoms with Gasteiger partial charge in [-0.2, -0.15) is 5.26 Å². The van der Waals surface area contributed by atoms with Crippen molar-refractivity contribution in [3.05, 3.63) is 30.1 Å². The molecule has 21 heavy (non-hydrogen) atoms. The van der Waals surface area contributed by atoms with Gasteiger partial charge in [0.25, 0.3) is 0 Å². The first-order valence-electron chi connectivity index (χ1n) is 7.63. The van der Waals surface area contributed by atoms with Crippen molar-refractivity contribution in [2.45, 2.75) is 56.0 Å². The third kappa shape index (κ3) is 4.21. The van der Waals surface area contributed by atoms with Crippen molar-refractivity contribution in [3.8, 4) is 6.07 Å². The average molecular weight is 306 g/mol. The minimum atomic E-state index is -0.364. The highest BCUT2D eigenvalue weighted by Gasteiger charge is 2.42. The maximum absolute atomic E-state index is 13.2. The Bertz CT molecular complexity index is 512. The van der Waals surface area contributed by atoms with Crippen LogP contribution in [0.3, 0.4) is 0 Å². The standard InChI is InChI=1S/C17H23FN2S/c1-13(2)20-17(12-19)9-4-5-14(17)8-10-21-16-7-3-6-15(18)11-16/h3,6-7,11,13-14,20H,4-5,8-10H2,1-2H3. The first-order valence-corrected chi connectivity index (χ1v) is 8.61. The van der Waals surface area contributed by atoms with Crippen molar-refractivity contribution >= 4 is 11.8 Å². The lowest BCUT2D eigenvalue weighted by atomic mass is 9.86. The van der Waals surface area contributed by atoms with E-state index in [-0.39, 0.29) is 11.4 Å². The summed E-state index contributed by atoms with van der Waals surface area (Å²) in [7, 11) is 0. The zero-order chi connectivity index (χ0) is 15.3. The minimum Gasteiger partial charge on any atom is -0.297 e. The van der Waals surface area contributed by atoms with Gasteiger partial charge in [0.15, 0.2) is 0 Å². The van der Waals surface area contributed by atoms with E-state index in [4.69, 9.17) is 0 Å². The molecule has 0 heterocycles. The van der Waals surface area contributed by atoms with Crippen LogP contribution in [-0.4, -0.2) is 17.3 Å². The summed E-state index contributed by atoms with van der Waals surface area (Å²) in [6, 6.07) is 9.58. The summed E-state index contributed by atoms with van der Waals surface area (Å²) < 4.78 is 13.2. The van der Waals surface area contributed by atoms with Gasteiger partial charge in [-0.15, -0.1) is 11.8 Å². The summed E-state index contributed by atoms with van der Waals surface area (Å²) >= 11 is 1.67. The lowest BCUT2D eigenvalue weighted by molar-refractivity contribution is 0.289. The molecule has 114 valence electrons. The van der Waals surface area contributed by atoms with Gasteiger partial charge in [0.2, 0.25) is 0 Å². The normalized spacial score (nSPS) is 25.2. The molecule has 2 atom stereocenters. The first kappa shape index (κ1) is 16.3. The Labute approximate surface area is 131 Å². The topological polar surface area (TPSA) is 35.8 Å². The molecular formula is C17H23FN2S.